The van der Waals surface area contributed by atoms with Crippen LogP contribution in [0.4, 0.5) is 14.6 Å². The molecule has 1 aliphatic carbocycles. The number of aryl methyl sites for hydroxylation is 2. The number of pyridine rings is 1. The van der Waals surface area contributed by atoms with E-state index in [0.717, 1.165) is 17.0 Å². The topological polar surface area (TPSA) is 82.7 Å². The molecular formula is C26H39F2N7OSi. The molecule has 1 N–H and O–H groups in total. The van der Waals surface area contributed by atoms with Crippen molar-refractivity contribution in [3.8, 4) is 5.82 Å². The van der Waals surface area contributed by atoms with Crippen LogP contribution in [0.2, 0.25) is 18.1 Å². The molecule has 1 unspecified atom stereocenters. The molecule has 3 aromatic heterocycles. The van der Waals surface area contributed by atoms with Crippen LogP contribution in [0.3, 0.4) is 0 Å². The Balaban J connectivity index is 1.72. The molecule has 0 saturated heterocycles. The minimum atomic E-state index is -2.58. The molecule has 0 aliphatic heterocycles. The van der Waals surface area contributed by atoms with Crippen LogP contribution in [0, 0.1) is 6.92 Å². The van der Waals surface area contributed by atoms with E-state index >= 15 is 0 Å². The number of aromatic nitrogens is 6. The maximum Gasteiger partial charge on any atom is 0.248 e. The molecule has 3 aromatic rings. The van der Waals surface area contributed by atoms with Gasteiger partial charge in [-0.1, -0.05) is 20.8 Å². The first-order chi connectivity index (χ1) is 17.2. The van der Waals surface area contributed by atoms with Crippen LogP contribution in [0.1, 0.15) is 69.5 Å². The monoisotopic (exact) mass is 531 g/mol. The zero-order valence-electron chi connectivity index (χ0n) is 22.9. The van der Waals surface area contributed by atoms with Gasteiger partial charge >= 0.3 is 0 Å². The lowest BCUT2D eigenvalue weighted by Crippen LogP contribution is -2.42. The number of halogens is 2. The van der Waals surface area contributed by atoms with E-state index in [2.05, 4.69) is 54.5 Å². The van der Waals surface area contributed by atoms with Crippen LogP contribution in [-0.4, -0.2) is 50.0 Å². The zero-order chi connectivity index (χ0) is 27.0. The number of rotatable bonds is 8. The number of nitrogens with one attached hydrogen (secondary N) is 1. The van der Waals surface area contributed by atoms with Gasteiger partial charge in [0.25, 0.3) is 0 Å². The Bertz CT molecular complexity index is 1210. The van der Waals surface area contributed by atoms with Crippen LogP contribution < -0.4 is 5.32 Å². The molecule has 8 nitrogen and oxygen atoms in total. The summed E-state index contributed by atoms with van der Waals surface area (Å²) >= 11 is 0. The molecular weight excluding hydrogens is 492 g/mol. The summed E-state index contributed by atoms with van der Waals surface area (Å²) in [6.45, 7) is 13.0. The van der Waals surface area contributed by atoms with E-state index in [1.807, 2.05) is 31.3 Å². The maximum atomic E-state index is 13.8. The first-order valence-corrected chi connectivity index (χ1v) is 15.8. The predicted molar refractivity (Wildman–Crippen MR) is 143 cm³/mol. The Morgan fingerprint density at radius 2 is 1.89 bits per heavy atom. The van der Waals surface area contributed by atoms with E-state index < -0.39 is 14.2 Å². The highest BCUT2D eigenvalue weighted by Gasteiger charge is 2.40. The van der Waals surface area contributed by atoms with Crippen LogP contribution in [0.15, 0.2) is 30.6 Å². The second-order valence-corrected chi connectivity index (χ2v) is 16.5. The van der Waals surface area contributed by atoms with Crippen molar-refractivity contribution in [1.29, 1.82) is 0 Å². The lowest BCUT2D eigenvalue weighted by Gasteiger charge is -2.39. The molecule has 0 aromatic carbocycles. The first kappa shape index (κ1) is 27.4. The summed E-state index contributed by atoms with van der Waals surface area (Å²) in [5, 5.41) is 16.7. The summed E-state index contributed by atoms with van der Waals surface area (Å²) in [4.78, 5) is 6.36. The third-order valence-electron chi connectivity index (χ3n) is 7.52. The number of nitrogens with zero attached hydrogens (tertiary/aromatic N) is 6. The molecule has 0 bridgehead atoms. The van der Waals surface area contributed by atoms with Crippen LogP contribution in [-0.2, 0) is 17.9 Å². The third-order valence-corrected chi connectivity index (χ3v) is 12.0. The number of hydrogen-bond acceptors (Lipinski definition) is 6. The van der Waals surface area contributed by atoms with Crippen molar-refractivity contribution in [2.45, 2.75) is 96.0 Å². The fourth-order valence-corrected chi connectivity index (χ4v) is 5.57. The quantitative estimate of drug-likeness (QED) is 0.359. The van der Waals surface area contributed by atoms with Crippen molar-refractivity contribution in [3.05, 3.63) is 47.5 Å². The lowest BCUT2D eigenvalue weighted by molar-refractivity contribution is -0.0361. The molecule has 0 spiro atoms. The van der Waals surface area contributed by atoms with Gasteiger partial charge in [-0.15, -0.1) is 0 Å². The van der Waals surface area contributed by atoms with E-state index in [9.17, 15) is 8.78 Å². The fourth-order valence-electron chi connectivity index (χ4n) is 4.28. The van der Waals surface area contributed by atoms with Gasteiger partial charge in [-0.2, -0.15) is 20.1 Å². The molecule has 0 radical (unpaired) electrons. The van der Waals surface area contributed by atoms with E-state index in [1.165, 1.54) is 0 Å². The minimum Gasteiger partial charge on any atom is -0.410 e. The Kier molecular flexibility index (Phi) is 7.58. The summed E-state index contributed by atoms with van der Waals surface area (Å²) in [6, 6.07) is 5.85. The number of anilines is 1. The smallest absolute Gasteiger partial charge is 0.248 e. The highest BCUT2D eigenvalue weighted by molar-refractivity contribution is 6.74. The standard InChI is InChI=1S/C26H39F2N7OSi/c1-18-10-13-35(32-18)24-15-19(14-23(31-24)30-20-8-11-26(27,28)12-9-20)22(16-21-17-29-34(5)33-21)36-37(6,7)25(2,3)4/h10,13-15,17,20,22H,8-9,11-12,16H2,1-7H3,(H,30,31). The van der Waals surface area contributed by atoms with E-state index in [0.29, 0.717) is 30.9 Å². The average molecular weight is 532 g/mol. The van der Waals surface area contributed by atoms with Crippen molar-refractivity contribution in [2.75, 3.05) is 5.32 Å². The predicted octanol–water partition coefficient (Wildman–Crippen LogP) is 6.00. The summed E-state index contributed by atoms with van der Waals surface area (Å²) in [5.41, 5.74) is 2.66. The van der Waals surface area contributed by atoms with Gasteiger partial charge in [0.2, 0.25) is 5.92 Å². The van der Waals surface area contributed by atoms with E-state index in [-0.39, 0.29) is 30.0 Å². The van der Waals surface area contributed by atoms with Crippen LogP contribution in [0.25, 0.3) is 5.82 Å². The normalized spacial score (nSPS) is 17.6. The van der Waals surface area contributed by atoms with Crippen molar-refractivity contribution in [3.63, 3.8) is 0 Å². The maximum absolute atomic E-state index is 13.8. The second kappa shape index (κ2) is 10.2. The Morgan fingerprint density at radius 1 is 1.19 bits per heavy atom. The molecule has 4 rings (SSSR count). The molecule has 3 heterocycles. The molecule has 0 amide bonds. The van der Waals surface area contributed by atoms with Gasteiger partial charge in [0, 0.05) is 38.5 Å². The van der Waals surface area contributed by atoms with Crippen LogP contribution in [0.5, 0.6) is 0 Å². The van der Waals surface area contributed by atoms with Gasteiger partial charge < -0.3 is 9.74 Å². The molecule has 37 heavy (non-hydrogen) atoms. The summed E-state index contributed by atoms with van der Waals surface area (Å²) in [5.74, 6) is -1.29. The van der Waals surface area contributed by atoms with E-state index in [1.54, 1.807) is 22.7 Å². The molecule has 11 heteroatoms. The summed E-state index contributed by atoms with van der Waals surface area (Å²) < 4.78 is 36.2. The molecule has 1 aliphatic rings. The summed E-state index contributed by atoms with van der Waals surface area (Å²) in [6.07, 6.45) is 4.49. The van der Waals surface area contributed by atoms with Crippen molar-refractivity contribution in [1.82, 2.24) is 29.8 Å². The van der Waals surface area contributed by atoms with Gasteiger partial charge in [0.15, 0.2) is 14.1 Å². The number of alkyl halides is 2. The highest BCUT2D eigenvalue weighted by atomic mass is 28.4. The molecule has 1 atom stereocenters. The van der Waals surface area contributed by atoms with Gasteiger partial charge in [-0.25, -0.2) is 18.4 Å². The van der Waals surface area contributed by atoms with Gasteiger partial charge in [-0.05, 0) is 61.7 Å². The summed E-state index contributed by atoms with van der Waals surface area (Å²) in [7, 11) is -0.369. The second-order valence-electron chi connectivity index (χ2n) is 11.7. The highest BCUT2D eigenvalue weighted by Crippen LogP contribution is 2.41. The number of hydrogen-bond donors (Lipinski definition) is 1. The Hall–Kier alpha value is -2.66. The van der Waals surface area contributed by atoms with Crippen molar-refractivity contribution >= 4 is 14.1 Å². The van der Waals surface area contributed by atoms with Crippen molar-refractivity contribution in [2.24, 2.45) is 7.05 Å². The molecule has 202 valence electrons. The van der Waals surface area contributed by atoms with Gasteiger partial charge in [-0.3, -0.25) is 0 Å². The molecule has 1 fully saturated rings. The minimum absolute atomic E-state index is 0.0109. The average Bonchev–Trinajstić information content (AvgIpc) is 3.41. The van der Waals surface area contributed by atoms with Gasteiger partial charge in [0.1, 0.15) is 5.82 Å². The molecule has 1 saturated carbocycles. The largest absolute Gasteiger partial charge is 0.410 e. The Morgan fingerprint density at radius 3 is 2.46 bits per heavy atom. The zero-order valence-corrected chi connectivity index (χ0v) is 23.9. The van der Waals surface area contributed by atoms with Crippen molar-refractivity contribution < 1.29 is 13.2 Å². The lowest BCUT2D eigenvalue weighted by atomic mass is 9.92. The van der Waals surface area contributed by atoms with E-state index in [4.69, 9.17) is 9.41 Å². The fraction of sp³-hybridized carbons (Fsp3) is 0.615. The van der Waals surface area contributed by atoms with Crippen LogP contribution >= 0.6 is 0 Å². The first-order valence-electron chi connectivity index (χ1n) is 12.9. The Labute approximate surface area is 218 Å². The SMILES string of the molecule is Cc1ccn(-c2cc(C(Cc3cnn(C)n3)O[Si](C)(C)C(C)(C)C)cc(NC3CCC(F)(F)CC3)n2)n1. The third kappa shape index (κ3) is 6.81. The van der Waals surface area contributed by atoms with Gasteiger partial charge in [0.05, 0.1) is 23.7 Å².